The minimum absolute atomic E-state index is 0.0165. The van der Waals surface area contributed by atoms with Gasteiger partial charge in [-0.15, -0.1) is 0 Å². The molecule has 5 heteroatoms. The number of nitrogens with one attached hydrogen (secondary N) is 1. The number of ether oxygens (including phenoxy) is 2. The summed E-state index contributed by atoms with van der Waals surface area (Å²) >= 11 is 0. The molecule has 0 aromatic carbocycles. The Bertz CT molecular complexity index is 210. The smallest absolute Gasteiger partial charge is 0.0897 e. The van der Waals surface area contributed by atoms with Crippen molar-refractivity contribution in [2.45, 2.75) is 38.5 Å². The first-order valence-electron chi connectivity index (χ1n) is 6.46. The lowest BCUT2D eigenvalue weighted by Gasteiger charge is -2.33. The maximum atomic E-state index is 9.76. The largest absolute Gasteiger partial charge is 0.389 e. The molecule has 0 saturated heterocycles. The standard InChI is InChI=1S/C13H30N2O3/c1-11(8-17-6)18-9-12(16)7-14-10-13(2,3)15(4)5/h11-12,14,16H,7-10H2,1-6H3. The highest BCUT2D eigenvalue weighted by molar-refractivity contribution is 4.80. The maximum Gasteiger partial charge on any atom is 0.0897 e. The summed E-state index contributed by atoms with van der Waals surface area (Å²) in [5, 5.41) is 13.0. The van der Waals surface area contributed by atoms with E-state index in [1.165, 1.54) is 0 Å². The average Bonchev–Trinajstić information content (AvgIpc) is 2.26. The van der Waals surface area contributed by atoms with Gasteiger partial charge in [0, 0.05) is 25.7 Å². The van der Waals surface area contributed by atoms with Crippen molar-refractivity contribution in [2.75, 3.05) is 47.5 Å². The van der Waals surface area contributed by atoms with Crippen molar-refractivity contribution in [3.05, 3.63) is 0 Å². The van der Waals surface area contributed by atoms with Gasteiger partial charge in [-0.2, -0.15) is 0 Å². The number of aliphatic hydroxyl groups is 1. The first-order valence-corrected chi connectivity index (χ1v) is 6.46. The van der Waals surface area contributed by atoms with Gasteiger partial charge in [0.05, 0.1) is 25.4 Å². The molecule has 110 valence electrons. The Labute approximate surface area is 111 Å². The number of likely N-dealkylation sites (N-methyl/N-ethyl adjacent to an activating group) is 1. The quantitative estimate of drug-likeness (QED) is 0.594. The number of nitrogens with zero attached hydrogens (tertiary/aromatic N) is 1. The number of rotatable bonds is 10. The minimum atomic E-state index is -0.484. The molecule has 0 aliphatic rings. The first-order chi connectivity index (χ1) is 8.29. The van der Waals surface area contributed by atoms with E-state index in [1.54, 1.807) is 7.11 Å². The third kappa shape index (κ3) is 8.00. The van der Waals surface area contributed by atoms with Crippen molar-refractivity contribution < 1.29 is 14.6 Å². The zero-order chi connectivity index (χ0) is 14.2. The number of methoxy groups -OCH3 is 1. The summed E-state index contributed by atoms with van der Waals surface area (Å²) in [5.41, 5.74) is 0.0733. The van der Waals surface area contributed by atoms with E-state index in [2.05, 4.69) is 24.1 Å². The third-order valence-corrected chi connectivity index (χ3v) is 3.12. The van der Waals surface area contributed by atoms with Gasteiger partial charge >= 0.3 is 0 Å². The molecule has 0 fully saturated rings. The van der Waals surface area contributed by atoms with E-state index in [9.17, 15) is 5.11 Å². The van der Waals surface area contributed by atoms with Gasteiger partial charge in [-0.1, -0.05) is 0 Å². The molecule has 0 heterocycles. The molecule has 0 rings (SSSR count). The van der Waals surface area contributed by atoms with Crippen LogP contribution in [0.15, 0.2) is 0 Å². The number of hydrogen-bond donors (Lipinski definition) is 2. The fraction of sp³-hybridized carbons (Fsp3) is 1.00. The molecule has 0 bridgehead atoms. The van der Waals surface area contributed by atoms with Crippen molar-refractivity contribution >= 4 is 0 Å². The molecule has 0 aromatic heterocycles. The van der Waals surface area contributed by atoms with Gasteiger partial charge in [-0.25, -0.2) is 0 Å². The van der Waals surface area contributed by atoms with Gasteiger partial charge in [0.2, 0.25) is 0 Å². The zero-order valence-electron chi connectivity index (χ0n) is 12.7. The second kappa shape index (κ2) is 8.82. The second-order valence-electron chi connectivity index (χ2n) is 5.59. The van der Waals surface area contributed by atoms with Crippen LogP contribution in [-0.2, 0) is 9.47 Å². The Hall–Kier alpha value is -0.200. The normalized spacial score (nSPS) is 16.0. The Morgan fingerprint density at radius 1 is 1.28 bits per heavy atom. The predicted octanol–water partition coefficient (Wildman–Crippen LogP) is 0.329. The van der Waals surface area contributed by atoms with Crippen LogP contribution in [0.1, 0.15) is 20.8 Å². The van der Waals surface area contributed by atoms with E-state index in [0.717, 1.165) is 6.54 Å². The van der Waals surface area contributed by atoms with Gasteiger partial charge in [0.1, 0.15) is 0 Å². The molecular weight excluding hydrogens is 232 g/mol. The maximum absolute atomic E-state index is 9.76. The van der Waals surface area contributed by atoms with Crippen LogP contribution >= 0.6 is 0 Å². The van der Waals surface area contributed by atoms with E-state index in [0.29, 0.717) is 19.8 Å². The molecule has 2 atom stereocenters. The van der Waals surface area contributed by atoms with E-state index in [1.807, 2.05) is 21.0 Å². The summed E-state index contributed by atoms with van der Waals surface area (Å²) in [6, 6.07) is 0. The van der Waals surface area contributed by atoms with Crippen molar-refractivity contribution in [2.24, 2.45) is 0 Å². The Balaban J connectivity index is 3.68. The van der Waals surface area contributed by atoms with Gasteiger partial charge in [-0.05, 0) is 34.9 Å². The van der Waals surface area contributed by atoms with Crippen molar-refractivity contribution in [1.29, 1.82) is 0 Å². The molecule has 0 radical (unpaired) electrons. The van der Waals surface area contributed by atoms with Crippen LogP contribution in [0, 0.1) is 0 Å². The lowest BCUT2D eigenvalue weighted by Crippen LogP contribution is -2.48. The second-order valence-corrected chi connectivity index (χ2v) is 5.59. The highest BCUT2D eigenvalue weighted by Gasteiger charge is 2.20. The lowest BCUT2D eigenvalue weighted by molar-refractivity contribution is -0.0315. The van der Waals surface area contributed by atoms with Gasteiger partial charge in [-0.3, -0.25) is 0 Å². The molecule has 0 aromatic rings. The molecule has 0 saturated carbocycles. The summed E-state index contributed by atoms with van der Waals surface area (Å²) < 4.78 is 10.4. The fourth-order valence-electron chi connectivity index (χ4n) is 1.32. The molecule has 0 spiro atoms. The van der Waals surface area contributed by atoms with E-state index >= 15 is 0 Å². The fourth-order valence-corrected chi connectivity index (χ4v) is 1.32. The Morgan fingerprint density at radius 2 is 1.89 bits per heavy atom. The van der Waals surface area contributed by atoms with Crippen LogP contribution in [-0.4, -0.2) is 75.3 Å². The predicted molar refractivity (Wildman–Crippen MR) is 73.9 cm³/mol. The van der Waals surface area contributed by atoms with Crippen LogP contribution in [0.5, 0.6) is 0 Å². The highest BCUT2D eigenvalue weighted by atomic mass is 16.5. The third-order valence-electron chi connectivity index (χ3n) is 3.12. The molecule has 0 amide bonds. The summed E-state index contributed by atoms with van der Waals surface area (Å²) in [6.07, 6.45) is -0.467. The summed E-state index contributed by atoms with van der Waals surface area (Å²) in [4.78, 5) is 2.16. The van der Waals surface area contributed by atoms with Crippen LogP contribution in [0.4, 0.5) is 0 Å². The molecule has 0 aliphatic heterocycles. The van der Waals surface area contributed by atoms with Crippen molar-refractivity contribution in [3.63, 3.8) is 0 Å². The van der Waals surface area contributed by atoms with Crippen LogP contribution in [0.25, 0.3) is 0 Å². The summed E-state index contributed by atoms with van der Waals surface area (Å²) in [7, 11) is 5.74. The number of hydrogen-bond acceptors (Lipinski definition) is 5. The topological polar surface area (TPSA) is 54.0 Å². The van der Waals surface area contributed by atoms with Crippen LogP contribution in [0.3, 0.4) is 0 Å². The monoisotopic (exact) mass is 262 g/mol. The molecule has 18 heavy (non-hydrogen) atoms. The SMILES string of the molecule is COCC(C)OCC(O)CNCC(C)(C)N(C)C. The van der Waals surface area contributed by atoms with E-state index in [-0.39, 0.29) is 11.6 Å². The molecule has 0 aliphatic carbocycles. The van der Waals surface area contributed by atoms with Gasteiger partial charge in [0.15, 0.2) is 0 Å². The van der Waals surface area contributed by atoms with Crippen LogP contribution in [0.2, 0.25) is 0 Å². The summed E-state index contributed by atoms with van der Waals surface area (Å²) in [6.45, 7) is 8.49. The Kier molecular flexibility index (Phi) is 8.73. The highest BCUT2D eigenvalue weighted by Crippen LogP contribution is 2.07. The van der Waals surface area contributed by atoms with Crippen molar-refractivity contribution in [1.82, 2.24) is 10.2 Å². The summed E-state index contributed by atoms with van der Waals surface area (Å²) in [5.74, 6) is 0. The van der Waals surface area contributed by atoms with E-state index in [4.69, 9.17) is 9.47 Å². The first kappa shape index (κ1) is 17.8. The molecular formula is C13H30N2O3. The number of aliphatic hydroxyl groups excluding tert-OH is 1. The van der Waals surface area contributed by atoms with E-state index < -0.39 is 6.10 Å². The lowest BCUT2D eigenvalue weighted by atomic mass is 10.0. The zero-order valence-corrected chi connectivity index (χ0v) is 12.7. The van der Waals surface area contributed by atoms with Crippen LogP contribution < -0.4 is 5.32 Å². The molecule has 2 unspecified atom stereocenters. The minimum Gasteiger partial charge on any atom is -0.389 e. The molecule has 5 nitrogen and oxygen atoms in total. The van der Waals surface area contributed by atoms with Gasteiger partial charge < -0.3 is 24.8 Å². The average molecular weight is 262 g/mol. The Morgan fingerprint density at radius 3 is 2.39 bits per heavy atom. The molecule has 2 N–H and O–H groups in total. The van der Waals surface area contributed by atoms with Gasteiger partial charge in [0.25, 0.3) is 0 Å². The van der Waals surface area contributed by atoms with Crippen molar-refractivity contribution in [3.8, 4) is 0 Å².